The van der Waals surface area contributed by atoms with Crippen LogP contribution < -0.4 is 0 Å². The Morgan fingerprint density at radius 2 is 2.00 bits per heavy atom. The van der Waals surface area contributed by atoms with E-state index >= 15 is 0 Å². The summed E-state index contributed by atoms with van der Waals surface area (Å²) in [4.78, 5) is 15.9. The fourth-order valence-corrected chi connectivity index (χ4v) is 2.70. The smallest absolute Gasteiger partial charge is 0.253 e. The van der Waals surface area contributed by atoms with Crippen LogP contribution in [0.3, 0.4) is 0 Å². The van der Waals surface area contributed by atoms with Crippen molar-refractivity contribution in [2.24, 2.45) is 5.92 Å². The molecule has 1 unspecified atom stereocenters. The van der Waals surface area contributed by atoms with E-state index in [2.05, 4.69) is 24.0 Å². The SMILES string of the molecule is CC1CCCN(Cc2ccc(C(=O)N(C)C)cc2)C1. The largest absolute Gasteiger partial charge is 0.345 e. The Bertz CT molecular complexity index is 425. The maximum atomic E-state index is 11.8. The first-order valence-electron chi connectivity index (χ1n) is 7.09. The van der Waals surface area contributed by atoms with Crippen molar-refractivity contribution < 1.29 is 4.79 Å². The van der Waals surface area contributed by atoms with Gasteiger partial charge < -0.3 is 4.90 Å². The van der Waals surface area contributed by atoms with Gasteiger partial charge in [-0.05, 0) is 43.0 Å². The average Bonchev–Trinajstić information content (AvgIpc) is 2.39. The van der Waals surface area contributed by atoms with E-state index in [0.717, 1.165) is 18.0 Å². The summed E-state index contributed by atoms with van der Waals surface area (Å²) in [6.45, 7) is 5.72. The molecule has 0 bridgehead atoms. The summed E-state index contributed by atoms with van der Waals surface area (Å²) in [5.74, 6) is 0.876. The molecule has 1 aromatic carbocycles. The molecule has 1 fully saturated rings. The van der Waals surface area contributed by atoms with Gasteiger partial charge in [0.15, 0.2) is 0 Å². The fraction of sp³-hybridized carbons (Fsp3) is 0.562. The third-order valence-electron chi connectivity index (χ3n) is 3.75. The highest BCUT2D eigenvalue weighted by Crippen LogP contribution is 2.18. The second-order valence-electron chi connectivity index (χ2n) is 5.88. The summed E-state index contributed by atoms with van der Waals surface area (Å²) < 4.78 is 0. The number of carbonyl (C=O) groups excluding carboxylic acids is 1. The zero-order valence-electron chi connectivity index (χ0n) is 12.2. The van der Waals surface area contributed by atoms with Crippen LogP contribution in [0.15, 0.2) is 24.3 Å². The highest BCUT2D eigenvalue weighted by atomic mass is 16.2. The van der Waals surface area contributed by atoms with Crippen LogP contribution in [0, 0.1) is 5.92 Å². The van der Waals surface area contributed by atoms with Crippen molar-refractivity contribution in [3.8, 4) is 0 Å². The maximum Gasteiger partial charge on any atom is 0.253 e. The zero-order valence-corrected chi connectivity index (χ0v) is 12.2. The van der Waals surface area contributed by atoms with Gasteiger partial charge in [0.25, 0.3) is 5.91 Å². The van der Waals surface area contributed by atoms with Crippen molar-refractivity contribution in [2.45, 2.75) is 26.3 Å². The van der Waals surface area contributed by atoms with E-state index in [1.54, 1.807) is 19.0 Å². The van der Waals surface area contributed by atoms with Gasteiger partial charge in [0.1, 0.15) is 0 Å². The van der Waals surface area contributed by atoms with Crippen molar-refractivity contribution >= 4 is 5.91 Å². The number of hydrogen-bond acceptors (Lipinski definition) is 2. The number of amides is 1. The second kappa shape index (κ2) is 6.20. The monoisotopic (exact) mass is 260 g/mol. The van der Waals surface area contributed by atoms with Crippen molar-refractivity contribution in [3.63, 3.8) is 0 Å². The molecule has 0 aromatic heterocycles. The predicted octanol–water partition coefficient (Wildman–Crippen LogP) is 2.62. The normalized spacial score (nSPS) is 20.3. The molecule has 1 amide bonds. The maximum absolute atomic E-state index is 11.8. The summed E-state index contributed by atoms with van der Waals surface area (Å²) in [7, 11) is 3.57. The molecule has 0 spiro atoms. The third-order valence-corrected chi connectivity index (χ3v) is 3.75. The number of hydrogen-bond donors (Lipinski definition) is 0. The molecule has 0 radical (unpaired) electrons. The molecule has 1 aliphatic rings. The lowest BCUT2D eigenvalue weighted by atomic mass is 9.99. The van der Waals surface area contributed by atoms with Gasteiger partial charge in [0.2, 0.25) is 0 Å². The average molecular weight is 260 g/mol. The summed E-state index contributed by atoms with van der Waals surface area (Å²) in [5.41, 5.74) is 2.06. The van der Waals surface area contributed by atoms with Crippen LogP contribution in [-0.2, 0) is 6.54 Å². The minimum atomic E-state index is 0.0677. The Morgan fingerprint density at radius 1 is 1.32 bits per heavy atom. The summed E-state index contributed by atoms with van der Waals surface area (Å²) >= 11 is 0. The third kappa shape index (κ3) is 3.80. The molecule has 1 aromatic rings. The summed E-state index contributed by atoms with van der Waals surface area (Å²) in [6, 6.07) is 8.03. The van der Waals surface area contributed by atoms with E-state index in [1.165, 1.54) is 31.5 Å². The Morgan fingerprint density at radius 3 is 2.58 bits per heavy atom. The fourth-order valence-electron chi connectivity index (χ4n) is 2.70. The Hall–Kier alpha value is -1.35. The number of piperidine rings is 1. The van der Waals surface area contributed by atoms with Crippen molar-refractivity contribution in [3.05, 3.63) is 35.4 Å². The molecule has 3 nitrogen and oxygen atoms in total. The molecule has 19 heavy (non-hydrogen) atoms. The zero-order chi connectivity index (χ0) is 13.8. The van der Waals surface area contributed by atoms with Crippen LogP contribution >= 0.6 is 0 Å². The van der Waals surface area contributed by atoms with Crippen LogP contribution in [0.5, 0.6) is 0 Å². The molecule has 104 valence electrons. The Labute approximate surface area is 116 Å². The van der Waals surface area contributed by atoms with Crippen LogP contribution in [0.4, 0.5) is 0 Å². The Kier molecular flexibility index (Phi) is 4.59. The molecular weight excluding hydrogens is 236 g/mol. The molecule has 2 rings (SSSR count). The molecule has 1 atom stereocenters. The minimum absolute atomic E-state index is 0.0677. The van der Waals surface area contributed by atoms with Gasteiger partial charge >= 0.3 is 0 Å². The number of nitrogens with zero attached hydrogens (tertiary/aromatic N) is 2. The van der Waals surface area contributed by atoms with E-state index in [4.69, 9.17) is 0 Å². The Balaban J connectivity index is 1.97. The van der Waals surface area contributed by atoms with E-state index < -0.39 is 0 Å². The van der Waals surface area contributed by atoms with E-state index in [0.29, 0.717) is 0 Å². The van der Waals surface area contributed by atoms with Gasteiger partial charge in [0, 0.05) is 32.7 Å². The topological polar surface area (TPSA) is 23.6 Å². The summed E-state index contributed by atoms with van der Waals surface area (Å²) in [5, 5.41) is 0. The van der Waals surface area contributed by atoms with Gasteiger partial charge in [-0.1, -0.05) is 19.1 Å². The molecule has 3 heteroatoms. The molecule has 0 N–H and O–H groups in total. The van der Waals surface area contributed by atoms with E-state index in [-0.39, 0.29) is 5.91 Å². The summed E-state index contributed by atoms with van der Waals surface area (Å²) in [6.07, 6.45) is 2.66. The lowest BCUT2D eigenvalue weighted by Crippen LogP contribution is -2.33. The van der Waals surface area contributed by atoms with Gasteiger partial charge in [-0.15, -0.1) is 0 Å². The van der Waals surface area contributed by atoms with Gasteiger partial charge in [-0.3, -0.25) is 9.69 Å². The molecule has 1 heterocycles. The van der Waals surface area contributed by atoms with Crippen molar-refractivity contribution in [2.75, 3.05) is 27.2 Å². The van der Waals surface area contributed by atoms with Crippen LogP contribution in [-0.4, -0.2) is 42.9 Å². The lowest BCUT2D eigenvalue weighted by molar-refractivity contribution is 0.0827. The van der Waals surface area contributed by atoms with Crippen LogP contribution in [0.2, 0.25) is 0 Å². The molecule has 1 saturated heterocycles. The number of likely N-dealkylation sites (tertiary alicyclic amines) is 1. The second-order valence-corrected chi connectivity index (χ2v) is 5.88. The molecular formula is C16H24N2O. The van der Waals surface area contributed by atoms with Crippen LogP contribution in [0.25, 0.3) is 0 Å². The number of carbonyl (C=O) groups is 1. The lowest BCUT2D eigenvalue weighted by Gasteiger charge is -2.30. The quantitative estimate of drug-likeness (QED) is 0.834. The van der Waals surface area contributed by atoms with E-state index in [9.17, 15) is 4.79 Å². The van der Waals surface area contributed by atoms with E-state index in [1.807, 2.05) is 12.1 Å². The van der Waals surface area contributed by atoms with Crippen molar-refractivity contribution in [1.29, 1.82) is 0 Å². The van der Waals surface area contributed by atoms with Gasteiger partial charge in [-0.2, -0.15) is 0 Å². The number of benzene rings is 1. The standard InChI is InChI=1S/C16H24N2O/c1-13-5-4-10-18(11-13)12-14-6-8-15(9-7-14)16(19)17(2)3/h6-9,13H,4-5,10-12H2,1-3H3. The number of rotatable bonds is 3. The van der Waals surface area contributed by atoms with Gasteiger partial charge in [0.05, 0.1) is 0 Å². The van der Waals surface area contributed by atoms with Crippen molar-refractivity contribution in [1.82, 2.24) is 9.80 Å². The first-order chi connectivity index (χ1) is 9.06. The predicted molar refractivity (Wildman–Crippen MR) is 78.1 cm³/mol. The van der Waals surface area contributed by atoms with Gasteiger partial charge in [-0.25, -0.2) is 0 Å². The van der Waals surface area contributed by atoms with Crippen LogP contribution in [0.1, 0.15) is 35.7 Å². The molecule has 0 saturated carbocycles. The highest BCUT2D eigenvalue weighted by Gasteiger charge is 2.16. The highest BCUT2D eigenvalue weighted by molar-refractivity contribution is 5.93. The minimum Gasteiger partial charge on any atom is -0.345 e. The first kappa shape index (κ1) is 14.1. The molecule has 1 aliphatic heterocycles. The molecule has 0 aliphatic carbocycles. The first-order valence-corrected chi connectivity index (χ1v) is 7.09.